The summed E-state index contributed by atoms with van der Waals surface area (Å²) in [5.41, 5.74) is 1.89. The van der Waals surface area contributed by atoms with Crippen LogP contribution in [0.4, 0.5) is 0 Å². The third-order valence-electron chi connectivity index (χ3n) is 4.54. The standard InChI is InChI=1S/C24H29NO5/c1-6-29-20-10-8-7-9-19(20)23(28)25-15-21(26)30-16(2)22(27)17-11-13-18(14-12-17)24(3,4)5/h7-14,16H,6,15H2,1-5H3,(H,25,28)/t16-/m1/s1. The van der Waals surface area contributed by atoms with E-state index in [1.807, 2.05) is 19.1 Å². The summed E-state index contributed by atoms with van der Waals surface area (Å²) in [5.74, 6) is -0.998. The van der Waals surface area contributed by atoms with Gasteiger partial charge >= 0.3 is 5.97 Å². The third-order valence-corrected chi connectivity index (χ3v) is 4.54. The van der Waals surface area contributed by atoms with Crippen LogP contribution in [-0.2, 0) is 14.9 Å². The summed E-state index contributed by atoms with van der Waals surface area (Å²) in [7, 11) is 0. The van der Waals surface area contributed by atoms with Crippen molar-refractivity contribution < 1.29 is 23.9 Å². The van der Waals surface area contributed by atoms with Gasteiger partial charge in [0.1, 0.15) is 12.3 Å². The van der Waals surface area contributed by atoms with E-state index >= 15 is 0 Å². The summed E-state index contributed by atoms with van der Waals surface area (Å²) in [5, 5.41) is 2.50. The molecule has 0 saturated carbocycles. The maximum atomic E-state index is 12.5. The van der Waals surface area contributed by atoms with Crippen molar-refractivity contribution >= 4 is 17.7 Å². The molecule has 2 aromatic carbocycles. The first-order valence-electron chi connectivity index (χ1n) is 9.97. The number of benzene rings is 2. The average Bonchev–Trinajstić information content (AvgIpc) is 2.71. The monoisotopic (exact) mass is 411 g/mol. The smallest absolute Gasteiger partial charge is 0.326 e. The number of amides is 1. The van der Waals surface area contributed by atoms with E-state index in [4.69, 9.17) is 9.47 Å². The van der Waals surface area contributed by atoms with Crippen LogP contribution >= 0.6 is 0 Å². The fraction of sp³-hybridized carbons (Fsp3) is 0.375. The molecule has 0 radical (unpaired) electrons. The Labute approximate surface area is 177 Å². The number of carbonyl (C=O) groups excluding carboxylic acids is 3. The Morgan fingerprint density at radius 1 is 1.00 bits per heavy atom. The number of ether oxygens (including phenoxy) is 2. The molecule has 1 amide bonds. The molecule has 6 nitrogen and oxygen atoms in total. The molecular weight excluding hydrogens is 382 g/mol. The lowest BCUT2D eigenvalue weighted by molar-refractivity contribution is -0.145. The minimum Gasteiger partial charge on any atom is -0.493 e. The summed E-state index contributed by atoms with van der Waals surface area (Å²) in [6.07, 6.45) is -0.953. The molecule has 0 unspecified atom stereocenters. The van der Waals surface area contributed by atoms with Crippen LogP contribution in [0.1, 0.15) is 60.9 Å². The first kappa shape index (κ1) is 23.1. The maximum Gasteiger partial charge on any atom is 0.326 e. The summed E-state index contributed by atoms with van der Waals surface area (Å²) in [6.45, 7) is 9.69. The molecule has 0 bridgehead atoms. The largest absolute Gasteiger partial charge is 0.493 e. The summed E-state index contributed by atoms with van der Waals surface area (Å²) >= 11 is 0. The lowest BCUT2D eigenvalue weighted by Gasteiger charge is -2.19. The van der Waals surface area contributed by atoms with Gasteiger partial charge in [-0.1, -0.05) is 57.2 Å². The Kier molecular flexibility index (Phi) is 7.75. The Morgan fingerprint density at radius 2 is 1.63 bits per heavy atom. The van der Waals surface area contributed by atoms with Crippen molar-refractivity contribution in [2.75, 3.05) is 13.2 Å². The van der Waals surface area contributed by atoms with Crippen molar-refractivity contribution in [1.29, 1.82) is 0 Å². The Morgan fingerprint density at radius 3 is 2.23 bits per heavy atom. The fourth-order valence-corrected chi connectivity index (χ4v) is 2.84. The van der Waals surface area contributed by atoms with E-state index in [9.17, 15) is 14.4 Å². The van der Waals surface area contributed by atoms with Gasteiger partial charge in [0.05, 0.1) is 12.2 Å². The van der Waals surface area contributed by atoms with Crippen LogP contribution < -0.4 is 10.1 Å². The minimum atomic E-state index is -0.953. The molecule has 1 atom stereocenters. The van der Waals surface area contributed by atoms with Crippen molar-refractivity contribution in [2.45, 2.75) is 46.1 Å². The first-order valence-corrected chi connectivity index (χ1v) is 9.97. The lowest BCUT2D eigenvalue weighted by atomic mass is 9.86. The molecule has 0 saturated heterocycles. The molecule has 2 rings (SSSR count). The van der Waals surface area contributed by atoms with Crippen LogP contribution in [0.15, 0.2) is 48.5 Å². The van der Waals surface area contributed by atoms with E-state index in [-0.39, 0.29) is 17.7 Å². The highest BCUT2D eigenvalue weighted by atomic mass is 16.5. The maximum absolute atomic E-state index is 12.5. The zero-order valence-electron chi connectivity index (χ0n) is 18.2. The van der Waals surface area contributed by atoms with Crippen LogP contribution in [-0.4, -0.2) is 36.9 Å². The molecule has 1 N–H and O–H groups in total. The number of esters is 1. The Hall–Kier alpha value is -3.15. The predicted octanol–water partition coefficient (Wildman–Crippen LogP) is 3.93. The SMILES string of the molecule is CCOc1ccccc1C(=O)NCC(=O)O[C@H](C)C(=O)c1ccc(C(C)(C)C)cc1. The number of Topliss-reactive ketones (excluding diaryl/α,β-unsaturated/α-hetero) is 1. The molecule has 0 aliphatic carbocycles. The third kappa shape index (κ3) is 6.17. The Bertz CT molecular complexity index is 897. The zero-order chi connectivity index (χ0) is 22.3. The van der Waals surface area contributed by atoms with E-state index < -0.39 is 18.0 Å². The van der Waals surface area contributed by atoms with E-state index in [1.54, 1.807) is 36.4 Å². The number of nitrogens with one attached hydrogen (secondary N) is 1. The lowest BCUT2D eigenvalue weighted by Crippen LogP contribution is -2.34. The van der Waals surface area contributed by atoms with Crippen LogP contribution in [0.5, 0.6) is 5.75 Å². The normalized spacial score (nSPS) is 12.0. The van der Waals surface area contributed by atoms with Gasteiger partial charge in [-0.05, 0) is 37.0 Å². The second-order valence-electron chi connectivity index (χ2n) is 7.94. The van der Waals surface area contributed by atoms with Crippen LogP contribution in [0.2, 0.25) is 0 Å². The van der Waals surface area contributed by atoms with E-state index in [0.29, 0.717) is 23.5 Å². The molecule has 2 aromatic rings. The van der Waals surface area contributed by atoms with Crippen molar-refractivity contribution in [3.63, 3.8) is 0 Å². The van der Waals surface area contributed by atoms with E-state index in [2.05, 4.69) is 26.1 Å². The zero-order valence-corrected chi connectivity index (χ0v) is 18.2. The topological polar surface area (TPSA) is 81.7 Å². The van der Waals surface area contributed by atoms with Gasteiger partial charge in [-0.25, -0.2) is 0 Å². The van der Waals surface area contributed by atoms with Gasteiger partial charge in [-0.3, -0.25) is 14.4 Å². The van der Waals surface area contributed by atoms with Gasteiger partial charge in [-0.2, -0.15) is 0 Å². The quantitative estimate of drug-likeness (QED) is 0.526. The highest BCUT2D eigenvalue weighted by Crippen LogP contribution is 2.22. The molecule has 0 heterocycles. The minimum absolute atomic E-state index is 0.0152. The van der Waals surface area contributed by atoms with Crippen molar-refractivity contribution in [2.24, 2.45) is 0 Å². The predicted molar refractivity (Wildman–Crippen MR) is 115 cm³/mol. The van der Waals surface area contributed by atoms with Gasteiger partial charge in [0, 0.05) is 5.56 Å². The highest BCUT2D eigenvalue weighted by Gasteiger charge is 2.21. The average molecular weight is 411 g/mol. The first-order chi connectivity index (χ1) is 14.1. The van der Waals surface area contributed by atoms with Crippen molar-refractivity contribution in [1.82, 2.24) is 5.32 Å². The number of rotatable bonds is 8. The number of hydrogen-bond acceptors (Lipinski definition) is 5. The molecule has 30 heavy (non-hydrogen) atoms. The highest BCUT2D eigenvalue weighted by molar-refractivity contribution is 6.01. The van der Waals surface area contributed by atoms with Gasteiger partial charge in [0.25, 0.3) is 5.91 Å². The molecule has 160 valence electrons. The fourth-order valence-electron chi connectivity index (χ4n) is 2.84. The molecule has 6 heteroatoms. The number of carbonyl (C=O) groups is 3. The van der Waals surface area contributed by atoms with Crippen LogP contribution in [0.3, 0.4) is 0 Å². The Balaban J connectivity index is 1.91. The summed E-state index contributed by atoms with van der Waals surface area (Å²) in [6, 6.07) is 14.0. The summed E-state index contributed by atoms with van der Waals surface area (Å²) < 4.78 is 10.6. The van der Waals surface area contributed by atoms with E-state index in [0.717, 1.165) is 5.56 Å². The van der Waals surface area contributed by atoms with Gasteiger partial charge < -0.3 is 14.8 Å². The van der Waals surface area contributed by atoms with Gasteiger partial charge in [0.2, 0.25) is 5.78 Å². The second-order valence-corrected chi connectivity index (χ2v) is 7.94. The van der Waals surface area contributed by atoms with Crippen molar-refractivity contribution in [3.05, 3.63) is 65.2 Å². The van der Waals surface area contributed by atoms with E-state index in [1.165, 1.54) is 6.92 Å². The molecule has 0 aliphatic rings. The molecule has 0 aliphatic heterocycles. The number of para-hydroxylation sites is 1. The molecule has 0 spiro atoms. The molecule has 0 fully saturated rings. The van der Waals surface area contributed by atoms with Gasteiger partial charge in [0.15, 0.2) is 6.10 Å². The number of hydrogen-bond donors (Lipinski definition) is 1. The molecular formula is C24H29NO5. The number of ketones is 1. The van der Waals surface area contributed by atoms with Crippen LogP contribution in [0, 0.1) is 0 Å². The van der Waals surface area contributed by atoms with Gasteiger partial charge in [-0.15, -0.1) is 0 Å². The van der Waals surface area contributed by atoms with Crippen molar-refractivity contribution in [3.8, 4) is 5.75 Å². The second kappa shape index (κ2) is 10.1. The summed E-state index contributed by atoms with van der Waals surface area (Å²) in [4.78, 5) is 37.0. The van der Waals surface area contributed by atoms with Crippen LogP contribution in [0.25, 0.3) is 0 Å². The molecule has 0 aromatic heterocycles.